The number of hydrogen-bond acceptors (Lipinski definition) is 5. The fourth-order valence-corrected chi connectivity index (χ4v) is 4.39. The molecule has 1 saturated heterocycles. The summed E-state index contributed by atoms with van der Waals surface area (Å²) in [6.45, 7) is 12.2. The molecule has 2 aromatic heterocycles. The zero-order chi connectivity index (χ0) is 23.4. The number of halogens is 1. The van der Waals surface area contributed by atoms with Gasteiger partial charge in [-0.1, -0.05) is 13.0 Å². The number of anilines is 1. The highest BCUT2D eigenvalue weighted by Gasteiger charge is 2.27. The molecule has 1 aromatic carbocycles. The molecule has 7 heteroatoms. The summed E-state index contributed by atoms with van der Waals surface area (Å²) in [6, 6.07) is 11.2. The molecule has 0 amide bonds. The Labute approximate surface area is 196 Å². The first-order valence-electron chi connectivity index (χ1n) is 11.9. The molecule has 176 valence electrons. The SMILES string of the molecule is CCc1nn(-c2ccc(F)cc2)c(N2CCN(C)CC2)c1CN(Cc1cccnc1)C(C)C. The summed E-state index contributed by atoms with van der Waals surface area (Å²) >= 11 is 0. The molecular weight excluding hydrogens is 415 g/mol. The molecule has 0 unspecified atom stereocenters. The lowest BCUT2D eigenvalue weighted by Gasteiger charge is -2.35. The molecule has 0 atom stereocenters. The highest BCUT2D eigenvalue weighted by molar-refractivity contribution is 5.56. The number of rotatable bonds is 8. The lowest BCUT2D eigenvalue weighted by Crippen LogP contribution is -2.45. The molecule has 0 N–H and O–H groups in total. The summed E-state index contributed by atoms with van der Waals surface area (Å²) in [6.07, 6.45) is 4.61. The van der Waals surface area contributed by atoms with Gasteiger partial charge < -0.3 is 9.80 Å². The lowest BCUT2D eigenvalue weighted by molar-refractivity contribution is 0.203. The first-order valence-corrected chi connectivity index (χ1v) is 11.9. The van der Waals surface area contributed by atoms with Crippen molar-refractivity contribution in [2.75, 3.05) is 38.1 Å². The maximum absolute atomic E-state index is 13.7. The van der Waals surface area contributed by atoms with Crippen LogP contribution >= 0.6 is 0 Å². The number of benzene rings is 1. The van der Waals surface area contributed by atoms with Crippen LogP contribution in [0.2, 0.25) is 0 Å². The van der Waals surface area contributed by atoms with Crippen LogP contribution in [0.25, 0.3) is 5.69 Å². The smallest absolute Gasteiger partial charge is 0.137 e. The molecule has 0 bridgehead atoms. The first-order chi connectivity index (χ1) is 16.0. The Hall–Kier alpha value is -2.77. The van der Waals surface area contributed by atoms with E-state index in [1.807, 2.05) is 35.3 Å². The highest BCUT2D eigenvalue weighted by atomic mass is 19.1. The van der Waals surface area contributed by atoms with Gasteiger partial charge in [0, 0.05) is 63.3 Å². The summed E-state index contributed by atoms with van der Waals surface area (Å²) < 4.78 is 15.7. The average molecular weight is 451 g/mol. The third-order valence-corrected chi connectivity index (χ3v) is 6.45. The van der Waals surface area contributed by atoms with Crippen molar-refractivity contribution in [2.45, 2.75) is 46.3 Å². The van der Waals surface area contributed by atoms with Gasteiger partial charge in [0.25, 0.3) is 0 Å². The van der Waals surface area contributed by atoms with E-state index in [9.17, 15) is 4.39 Å². The van der Waals surface area contributed by atoms with E-state index in [-0.39, 0.29) is 5.82 Å². The Kier molecular flexibility index (Phi) is 7.40. The van der Waals surface area contributed by atoms with Crippen LogP contribution in [0.3, 0.4) is 0 Å². The van der Waals surface area contributed by atoms with Crippen molar-refractivity contribution in [1.82, 2.24) is 24.6 Å². The van der Waals surface area contributed by atoms with Crippen LogP contribution in [0.4, 0.5) is 10.2 Å². The third-order valence-electron chi connectivity index (χ3n) is 6.45. The second kappa shape index (κ2) is 10.4. The van der Waals surface area contributed by atoms with E-state index in [0.29, 0.717) is 6.04 Å². The van der Waals surface area contributed by atoms with Gasteiger partial charge in [0.2, 0.25) is 0 Å². The van der Waals surface area contributed by atoms with E-state index in [0.717, 1.165) is 62.9 Å². The quantitative estimate of drug-likeness (QED) is 0.516. The van der Waals surface area contributed by atoms with E-state index >= 15 is 0 Å². The van der Waals surface area contributed by atoms with Crippen molar-refractivity contribution < 1.29 is 4.39 Å². The molecule has 3 heterocycles. The number of aryl methyl sites for hydroxylation is 1. The van der Waals surface area contributed by atoms with Crippen molar-refractivity contribution in [3.05, 3.63) is 71.4 Å². The molecule has 0 aliphatic carbocycles. The average Bonchev–Trinajstić information content (AvgIpc) is 3.18. The van der Waals surface area contributed by atoms with Crippen LogP contribution in [0, 0.1) is 5.82 Å². The van der Waals surface area contributed by atoms with Crippen LogP contribution < -0.4 is 4.90 Å². The third kappa shape index (κ3) is 5.42. The van der Waals surface area contributed by atoms with Gasteiger partial charge in [-0.3, -0.25) is 9.88 Å². The van der Waals surface area contributed by atoms with Crippen LogP contribution in [0.15, 0.2) is 48.8 Å². The predicted molar refractivity (Wildman–Crippen MR) is 131 cm³/mol. The number of piperazine rings is 1. The van der Waals surface area contributed by atoms with Crippen LogP contribution in [0.5, 0.6) is 0 Å². The van der Waals surface area contributed by atoms with E-state index in [4.69, 9.17) is 5.10 Å². The lowest BCUT2D eigenvalue weighted by atomic mass is 10.1. The van der Waals surface area contributed by atoms with E-state index in [1.165, 1.54) is 23.3 Å². The Morgan fingerprint density at radius 2 is 1.76 bits per heavy atom. The predicted octanol–water partition coefficient (Wildman–Crippen LogP) is 4.13. The Balaban J connectivity index is 1.75. The number of hydrogen-bond donors (Lipinski definition) is 0. The van der Waals surface area contributed by atoms with Gasteiger partial charge in [0.15, 0.2) is 0 Å². The summed E-state index contributed by atoms with van der Waals surface area (Å²) in [7, 11) is 2.17. The van der Waals surface area contributed by atoms with Crippen LogP contribution in [0.1, 0.15) is 37.6 Å². The molecule has 1 fully saturated rings. The van der Waals surface area contributed by atoms with Gasteiger partial charge in [-0.15, -0.1) is 0 Å². The van der Waals surface area contributed by atoms with Crippen LogP contribution in [-0.2, 0) is 19.5 Å². The Morgan fingerprint density at radius 1 is 1.03 bits per heavy atom. The fraction of sp³-hybridized carbons (Fsp3) is 0.462. The second-order valence-electron chi connectivity index (χ2n) is 9.14. The monoisotopic (exact) mass is 450 g/mol. The molecular formula is C26H35FN6. The first kappa shape index (κ1) is 23.4. The van der Waals surface area contributed by atoms with Crippen molar-refractivity contribution in [2.24, 2.45) is 0 Å². The minimum Gasteiger partial charge on any atom is -0.354 e. The molecule has 6 nitrogen and oxygen atoms in total. The van der Waals surface area contributed by atoms with Gasteiger partial charge in [0.1, 0.15) is 11.6 Å². The maximum atomic E-state index is 13.7. The molecule has 0 radical (unpaired) electrons. The normalized spacial score (nSPS) is 15.1. The molecule has 1 aliphatic heterocycles. The number of pyridine rings is 1. The second-order valence-corrected chi connectivity index (χ2v) is 9.14. The van der Waals surface area contributed by atoms with Crippen molar-refractivity contribution in [3.8, 4) is 5.69 Å². The summed E-state index contributed by atoms with van der Waals surface area (Å²) in [5, 5.41) is 5.04. The summed E-state index contributed by atoms with van der Waals surface area (Å²) in [4.78, 5) is 11.6. The number of likely N-dealkylation sites (N-methyl/N-ethyl adjacent to an activating group) is 1. The fourth-order valence-electron chi connectivity index (χ4n) is 4.39. The molecule has 0 spiro atoms. The van der Waals surface area contributed by atoms with Gasteiger partial charge in [0.05, 0.1) is 11.4 Å². The van der Waals surface area contributed by atoms with Crippen molar-refractivity contribution in [3.63, 3.8) is 0 Å². The van der Waals surface area contributed by atoms with Crippen LogP contribution in [-0.4, -0.2) is 63.8 Å². The van der Waals surface area contributed by atoms with Gasteiger partial charge in [-0.05, 0) is 63.2 Å². The maximum Gasteiger partial charge on any atom is 0.137 e. The number of nitrogens with zero attached hydrogens (tertiary/aromatic N) is 6. The minimum atomic E-state index is -0.231. The Bertz CT molecular complexity index is 1020. The van der Waals surface area contributed by atoms with Crippen molar-refractivity contribution >= 4 is 5.82 Å². The minimum absolute atomic E-state index is 0.231. The zero-order valence-corrected chi connectivity index (χ0v) is 20.2. The van der Waals surface area contributed by atoms with E-state index < -0.39 is 0 Å². The molecule has 0 saturated carbocycles. The molecule has 33 heavy (non-hydrogen) atoms. The molecule has 4 rings (SSSR count). The standard InChI is InChI=1S/C26H35FN6/c1-5-25-24(19-32(20(2)3)18-21-7-6-12-28-17-21)26(31-15-13-30(4)14-16-31)33(29-25)23-10-8-22(27)9-11-23/h6-12,17,20H,5,13-16,18-19H2,1-4H3. The highest BCUT2D eigenvalue weighted by Crippen LogP contribution is 2.31. The van der Waals surface area contributed by atoms with Gasteiger partial charge in [-0.2, -0.15) is 5.10 Å². The summed E-state index contributed by atoms with van der Waals surface area (Å²) in [5.74, 6) is 0.911. The van der Waals surface area contributed by atoms with E-state index in [2.05, 4.69) is 53.6 Å². The van der Waals surface area contributed by atoms with Gasteiger partial charge >= 0.3 is 0 Å². The van der Waals surface area contributed by atoms with Crippen molar-refractivity contribution in [1.29, 1.82) is 0 Å². The van der Waals surface area contributed by atoms with E-state index in [1.54, 1.807) is 0 Å². The number of aromatic nitrogens is 3. The van der Waals surface area contributed by atoms with Gasteiger partial charge in [-0.25, -0.2) is 9.07 Å². The Morgan fingerprint density at radius 3 is 2.36 bits per heavy atom. The largest absolute Gasteiger partial charge is 0.354 e. The molecule has 3 aromatic rings. The topological polar surface area (TPSA) is 40.4 Å². The zero-order valence-electron chi connectivity index (χ0n) is 20.2. The molecule has 1 aliphatic rings. The summed E-state index contributed by atoms with van der Waals surface area (Å²) in [5.41, 5.74) is 4.47.